The Hall–Kier alpha value is -7.41. The van der Waals surface area contributed by atoms with Crippen LogP contribution in [0.5, 0.6) is 0 Å². The number of fused-ring (bicyclic) bond motifs is 9. The highest BCUT2D eigenvalue weighted by Gasteiger charge is 2.18. The summed E-state index contributed by atoms with van der Waals surface area (Å²) in [5.74, 6) is 0.872. The SMILES string of the molecule is [2H]c1cc2c3c([2H])c([2H])c([2H])c([2H])c3n(-c3cc([2H])c4c(c3)oc3cc(-c5nc(-c6ccccc6)nc(-c6ccc7c(c6)sc6c(-c8ccccc8)cccc67)n5)c([2H])c([2H])c34)c2c([2H])c1[2H]. The van der Waals surface area contributed by atoms with Crippen LogP contribution in [0.1, 0.15) is 13.7 Å². The molecule has 6 heteroatoms. The van der Waals surface area contributed by atoms with E-state index in [-0.39, 0.29) is 97.1 Å². The van der Waals surface area contributed by atoms with Crippen LogP contribution < -0.4 is 0 Å². The fourth-order valence-corrected chi connectivity index (χ4v) is 8.95. The Morgan fingerprint density at radius 1 is 0.456 bits per heavy atom. The summed E-state index contributed by atoms with van der Waals surface area (Å²) >= 11 is 1.69. The molecule has 266 valence electrons. The van der Waals surface area contributed by atoms with E-state index in [2.05, 4.69) is 42.5 Å². The van der Waals surface area contributed by atoms with Crippen LogP contribution in [0.15, 0.2) is 186 Å². The standard InChI is InChI=1S/C51H30N4OS/c1-3-12-31(13-4-1)36-18-11-19-42-41-26-23-34(29-47(41)57-48(36)42)51-53-49(32-14-5-2-6-15-32)52-50(54-51)33-22-25-39-40-27-24-35(30-46(40)56-45(39)28-33)55-43-20-9-7-16-37(43)38-17-8-10-21-44(38)55/h1-30H/i7D,8D,9D,10D,16D,20D,21D,22D,25D,27D. The van der Waals surface area contributed by atoms with Gasteiger partial charge in [-0.25, -0.2) is 15.0 Å². The van der Waals surface area contributed by atoms with Crippen molar-refractivity contribution in [1.29, 1.82) is 0 Å². The topological polar surface area (TPSA) is 56.7 Å². The highest BCUT2D eigenvalue weighted by atomic mass is 32.1. The monoisotopic (exact) mass is 756 g/mol. The largest absolute Gasteiger partial charge is 0.456 e. The van der Waals surface area contributed by atoms with Crippen molar-refractivity contribution in [3.8, 4) is 51.0 Å². The molecule has 0 saturated carbocycles. The summed E-state index contributed by atoms with van der Waals surface area (Å²) in [4.78, 5) is 14.8. The van der Waals surface area contributed by atoms with Crippen LogP contribution in [-0.4, -0.2) is 19.5 Å². The van der Waals surface area contributed by atoms with Gasteiger partial charge in [-0.15, -0.1) is 11.3 Å². The third-order valence-electron chi connectivity index (χ3n) is 10.3. The molecule has 0 spiro atoms. The van der Waals surface area contributed by atoms with Crippen LogP contribution in [-0.2, 0) is 0 Å². The van der Waals surface area contributed by atoms with E-state index in [1.807, 2.05) is 54.6 Å². The summed E-state index contributed by atoms with van der Waals surface area (Å²) in [5, 5.41) is 2.95. The second-order valence-corrected chi connectivity index (χ2v) is 14.7. The molecule has 12 aromatic rings. The van der Waals surface area contributed by atoms with E-state index >= 15 is 0 Å². The number of benzene rings is 8. The molecule has 0 aliphatic rings. The third kappa shape index (κ3) is 5.12. The zero-order valence-electron chi connectivity index (χ0n) is 39.7. The molecule has 0 N–H and O–H groups in total. The molecule has 4 heterocycles. The van der Waals surface area contributed by atoms with Crippen LogP contribution in [0.4, 0.5) is 0 Å². The minimum atomic E-state index is -0.509. The fraction of sp³-hybridized carbons (Fsp3) is 0. The average Bonchev–Trinajstić information content (AvgIpc) is 4.03. The van der Waals surface area contributed by atoms with Crippen LogP contribution in [0.25, 0.3) is 115 Å². The van der Waals surface area contributed by atoms with E-state index in [1.165, 1.54) is 21.4 Å². The number of hydrogen-bond acceptors (Lipinski definition) is 5. The van der Waals surface area contributed by atoms with E-state index in [9.17, 15) is 4.11 Å². The van der Waals surface area contributed by atoms with Gasteiger partial charge in [0.1, 0.15) is 11.2 Å². The number of hydrogen-bond donors (Lipinski definition) is 0. The molecule has 0 aliphatic heterocycles. The van der Waals surface area contributed by atoms with Crippen molar-refractivity contribution in [2.45, 2.75) is 0 Å². The van der Waals surface area contributed by atoms with Gasteiger partial charge in [-0.3, -0.25) is 0 Å². The summed E-state index contributed by atoms with van der Waals surface area (Å²) in [6.07, 6.45) is 0. The van der Waals surface area contributed by atoms with Crippen molar-refractivity contribution in [1.82, 2.24) is 19.5 Å². The molecule has 0 bridgehead atoms. The Labute approximate surface area is 344 Å². The summed E-state index contributed by atoms with van der Waals surface area (Å²) in [5.41, 5.74) is 4.53. The Balaban J connectivity index is 1.05. The lowest BCUT2D eigenvalue weighted by atomic mass is 10.0. The van der Waals surface area contributed by atoms with Gasteiger partial charge in [-0.05, 0) is 53.5 Å². The number of furan rings is 1. The first-order chi connectivity index (χ1) is 32.4. The minimum absolute atomic E-state index is 0.00886. The zero-order valence-corrected chi connectivity index (χ0v) is 30.5. The van der Waals surface area contributed by atoms with Gasteiger partial charge < -0.3 is 8.98 Å². The van der Waals surface area contributed by atoms with Gasteiger partial charge in [0.05, 0.1) is 24.7 Å². The van der Waals surface area contributed by atoms with Crippen LogP contribution in [0.2, 0.25) is 0 Å². The van der Waals surface area contributed by atoms with Crippen molar-refractivity contribution in [2.75, 3.05) is 0 Å². The summed E-state index contributed by atoms with van der Waals surface area (Å²) in [6, 6.07) is 34.8. The van der Waals surface area contributed by atoms with E-state index in [4.69, 9.17) is 29.0 Å². The first kappa shape index (κ1) is 23.5. The maximum Gasteiger partial charge on any atom is 0.164 e. The van der Waals surface area contributed by atoms with Gasteiger partial charge in [0.15, 0.2) is 17.5 Å². The fourth-order valence-electron chi connectivity index (χ4n) is 7.68. The van der Waals surface area contributed by atoms with Gasteiger partial charge in [0.2, 0.25) is 0 Å². The summed E-state index contributed by atoms with van der Waals surface area (Å²) in [6.45, 7) is 0. The van der Waals surface area contributed by atoms with Crippen molar-refractivity contribution < 1.29 is 18.1 Å². The highest BCUT2D eigenvalue weighted by Crippen LogP contribution is 2.42. The predicted molar refractivity (Wildman–Crippen MR) is 236 cm³/mol. The molecule has 0 amide bonds. The lowest BCUT2D eigenvalue weighted by Gasteiger charge is -2.08. The molecule has 0 radical (unpaired) electrons. The van der Waals surface area contributed by atoms with E-state index in [0.29, 0.717) is 11.6 Å². The first-order valence-corrected chi connectivity index (χ1v) is 19.0. The second kappa shape index (κ2) is 12.6. The molecule has 12 rings (SSSR count). The van der Waals surface area contributed by atoms with Gasteiger partial charge in [0, 0.05) is 70.2 Å². The summed E-state index contributed by atoms with van der Waals surface area (Å²) < 4.78 is 98.4. The van der Waals surface area contributed by atoms with Gasteiger partial charge in [0.25, 0.3) is 0 Å². The van der Waals surface area contributed by atoms with Crippen molar-refractivity contribution in [3.63, 3.8) is 0 Å². The maximum absolute atomic E-state index is 9.37. The summed E-state index contributed by atoms with van der Waals surface area (Å²) in [7, 11) is 0. The zero-order chi connectivity index (χ0) is 46.2. The van der Waals surface area contributed by atoms with E-state index in [0.717, 1.165) is 37.7 Å². The molecule has 0 fully saturated rings. The number of nitrogens with zero attached hydrogens (tertiary/aromatic N) is 4. The molecule has 57 heavy (non-hydrogen) atoms. The molecule has 0 aliphatic carbocycles. The molecule has 0 atom stereocenters. The van der Waals surface area contributed by atoms with Crippen molar-refractivity contribution in [3.05, 3.63) is 182 Å². The lowest BCUT2D eigenvalue weighted by molar-refractivity contribution is 0.668. The number of thiophene rings is 1. The number of rotatable bonds is 5. The quantitative estimate of drug-likeness (QED) is 0.175. The van der Waals surface area contributed by atoms with Gasteiger partial charge in [-0.1, -0.05) is 133 Å². The maximum atomic E-state index is 9.37. The van der Waals surface area contributed by atoms with Crippen molar-refractivity contribution in [2.24, 2.45) is 0 Å². The molecule has 0 saturated heterocycles. The normalized spacial score (nSPS) is 14.3. The second-order valence-electron chi connectivity index (χ2n) is 13.6. The first-order valence-electron chi connectivity index (χ1n) is 23.2. The Bertz CT molecular complexity index is 4120. The van der Waals surface area contributed by atoms with E-state index in [1.54, 1.807) is 23.5 Å². The van der Waals surface area contributed by atoms with Gasteiger partial charge >= 0.3 is 0 Å². The lowest BCUT2D eigenvalue weighted by Crippen LogP contribution is -2.00. The Morgan fingerprint density at radius 2 is 1.16 bits per heavy atom. The number of aromatic nitrogens is 4. The minimum Gasteiger partial charge on any atom is -0.456 e. The van der Waals surface area contributed by atoms with Crippen LogP contribution >= 0.6 is 11.3 Å². The Morgan fingerprint density at radius 3 is 2.00 bits per heavy atom. The Kier molecular flexibility index (Phi) is 5.18. The van der Waals surface area contributed by atoms with E-state index < -0.39 is 24.2 Å². The molecule has 0 unspecified atom stereocenters. The van der Waals surface area contributed by atoms with Crippen LogP contribution in [0.3, 0.4) is 0 Å². The molecule has 4 aromatic heterocycles. The molecular formula is C51H30N4OS. The third-order valence-corrected chi connectivity index (χ3v) is 11.5. The van der Waals surface area contributed by atoms with Gasteiger partial charge in [-0.2, -0.15) is 0 Å². The molecule has 5 nitrogen and oxygen atoms in total. The molecule has 8 aromatic carbocycles. The highest BCUT2D eigenvalue weighted by molar-refractivity contribution is 7.26. The number of para-hydroxylation sites is 2. The molecular weight excluding hydrogens is 717 g/mol. The van der Waals surface area contributed by atoms with Crippen LogP contribution in [0, 0.1) is 0 Å². The predicted octanol–water partition coefficient (Wildman–Crippen LogP) is 13.9. The van der Waals surface area contributed by atoms with Crippen molar-refractivity contribution >= 4 is 75.3 Å². The smallest absolute Gasteiger partial charge is 0.164 e. The average molecular weight is 757 g/mol.